The lowest BCUT2D eigenvalue weighted by molar-refractivity contribution is 0.592. The fraction of sp³-hybridized carbons (Fsp3) is 0.562. The standard InChI is InChI=1S/C16H24N2/c1-16(2,3)13-9-6-7-10-14(13)18-15-11-5-4-8-12-17-15/h6-7,9-10H,4-5,8,11-12H2,1-3H3,(H,17,18). The molecule has 1 aromatic carbocycles. The van der Waals surface area contributed by atoms with Gasteiger partial charge in [-0.05, 0) is 29.9 Å². The van der Waals surface area contributed by atoms with Crippen molar-refractivity contribution in [1.29, 1.82) is 0 Å². The predicted octanol–water partition coefficient (Wildman–Crippen LogP) is 4.37. The molecule has 18 heavy (non-hydrogen) atoms. The zero-order valence-corrected chi connectivity index (χ0v) is 11.8. The van der Waals surface area contributed by atoms with Crippen molar-refractivity contribution < 1.29 is 0 Å². The van der Waals surface area contributed by atoms with Crippen LogP contribution in [-0.2, 0) is 5.41 Å². The average molecular weight is 244 g/mol. The number of nitrogens with zero attached hydrogens (tertiary/aromatic N) is 1. The maximum absolute atomic E-state index is 4.65. The SMILES string of the molecule is CC(C)(C)c1ccccc1NC1=NCCCCC1. The lowest BCUT2D eigenvalue weighted by atomic mass is 9.86. The molecule has 1 aliphatic rings. The first-order valence-electron chi connectivity index (χ1n) is 6.97. The Labute approximate surface area is 111 Å². The van der Waals surface area contributed by atoms with Gasteiger partial charge in [-0.1, -0.05) is 45.4 Å². The van der Waals surface area contributed by atoms with Crippen LogP contribution in [-0.4, -0.2) is 12.4 Å². The van der Waals surface area contributed by atoms with E-state index in [0.717, 1.165) is 18.8 Å². The second-order valence-electron chi connectivity index (χ2n) is 6.06. The van der Waals surface area contributed by atoms with Gasteiger partial charge in [0.15, 0.2) is 0 Å². The molecule has 2 nitrogen and oxygen atoms in total. The molecule has 0 spiro atoms. The molecule has 0 unspecified atom stereocenters. The fourth-order valence-electron chi connectivity index (χ4n) is 2.38. The van der Waals surface area contributed by atoms with Crippen LogP contribution < -0.4 is 5.32 Å². The third kappa shape index (κ3) is 3.34. The van der Waals surface area contributed by atoms with Crippen LogP contribution in [0.15, 0.2) is 29.3 Å². The highest BCUT2D eigenvalue weighted by atomic mass is 15.0. The molecule has 0 amide bonds. The predicted molar refractivity (Wildman–Crippen MR) is 79.5 cm³/mol. The Hall–Kier alpha value is -1.31. The summed E-state index contributed by atoms with van der Waals surface area (Å²) in [5, 5.41) is 3.55. The first-order chi connectivity index (χ1) is 8.57. The molecule has 0 saturated heterocycles. The summed E-state index contributed by atoms with van der Waals surface area (Å²) in [6.45, 7) is 7.73. The second kappa shape index (κ2) is 5.55. The molecule has 1 aliphatic heterocycles. The fourth-order valence-corrected chi connectivity index (χ4v) is 2.38. The Morgan fingerprint density at radius 2 is 1.83 bits per heavy atom. The van der Waals surface area contributed by atoms with Crippen molar-refractivity contribution in [3.63, 3.8) is 0 Å². The molecule has 1 aromatic rings. The van der Waals surface area contributed by atoms with Gasteiger partial charge < -0.3 is 5.32 Å². The van der Waals surface area contributed by atoms with Crippen molar-refractivity contribution >= 4 is 11.5 Å². The van der Waals surface area contributed by atoms with Crippen molar-refractivity contribution in [2.24, 2.45) is 4.99 Å². The highest BCUT2D eigenvalue weighted by Crippen LogP contribution is 2.29. The van der Waals surface area contributed by atoms with Gasteiger partial charge in [0.2, 0.25) is 0 Å². The van der Waals surface area contributed by atoms with Crippen LogP contribution in [0.5, 0.6) is 0 Å². The molecular weight excluding hydrogens is 220 g/mol. The van der Waals surface area contributed by atoms with Gasteiger partial charge in [-0.2, -0.15) is 0 Å². The lowest BCUT2D eigenvalue weighted by Gasteiger charge is -2.23. The van der Waals surface area contributed by atoms with E-state index in [0.29, 0.717) is 0 Å². The van der Waals surface area contributed by atoms with E-state index in [4.69, 9.17) is 0 Å². The number of para-hydroxylation sites is 1. The first kappa shape index (κ1) is 13.1. The normalized spacial score (nSPS) is 16.9. The van der Waals surface area contributed by atoms with E-state index in [1.807, 2.05) is 0 Å². The molecule has 0 atom stereocenters. The van der Waals surface area contributed by atoms with Crippen LogP contribution >= 0.6 is 0 Å². The lowest BCUT2D eigenvalue weighted by Crippen LogP contribution is -2.18. The number of benzene rings is 1. The molecule has 0 saturated carbocycles. The van der Waals surface area contributed by atoms with Crippen LogP contribution in [0, 0.1) is 0 Å². The molecular formula is C16H24N2. The van der Waals surface area contributed by atoms with Gasteiger partial charge in [-0.3, -0.25) is 4.99 Å². The largest absolute Gasteiger partial charge is 0.344 e. The molecule has 0 fully saturated rings. The number of amidine groups is 1. The van der Waals surface area contributed by atoms with Gasteiger partial charge in [0, 0.05) is 18.7 Å². The number of nitrogens with one attached hydrogen (secondary N) is 1. The van der Waals surface area contributed by atoms with E-state index in [2.05, 4.69) is 55.3 Å². The zero-order valence-electron chi connectivity index (χ0n) is 11.8. The highest BCUT2D eigenvalue weighted by molar-refractivity contribution is 5.96. The molecule has 1 N–H and O–H groups in total. The third-order valence-corrected chi connectivity index (χ3v) is 3.39. The highest BCUT2D eigenvalue weighted by Gasteiger charge is 2.18. The van der Waals surface area contributed by atoms with E-state index >= 15 is 0 Å². The average Bonchev–Trinajstić information content (AvgIpc) is 2.57. The minimum atomic E-state index is 0.162. The van der Waals surface area contributed by atoms with Gasteiger partial charge in [0.05, 0.1) is 0 Å². The molecule has 1 heterocycles. The summed E-state index contributed by atoms with van der Waals surface area (Å²) < 4.78 is 0. The Morgan fingerprint density at radius 1 is 1.06 bits per heavy atom. The Kier molecular flexibility index (Phi) is 4.05. The quantitative estimate of drug-likeness (QED) is 0.779. The van der Waals surface area contributed by atoms with Crippen molar-refractivity contribution in [3.8, 4) is 0 Å². The maximum atomic E-state index is 4.65. The summed E-state index contributed by atoms with van der Waals surface area (Å²) in [6.07, 6.45) is 4.86. The first-order valence-corrected chi connectivity index (χ1v) is 6.97. The van der Waals surface area contributed by atoms with Crippen LogP contribution in [0.25, 0.3) is 0 Å². The van der Waals surface area contributed by atoms with Crippen molar-refractivity contribution in [2.45, 2.75) is 51.9 Å². The summed E-state index contributed by atoms with van der Waals surface area (Å²) in [5.41, 5.74) is 2.73. The van der Waals surface area contributed by atoms with Crippen LogP contribution in [0.3, 0.4) is 0 Å². The van der Waals surface area contributed by atoms with E-state index in [1.165, 1.54) is 30.5 Å². The van der Waals surface area contributed by atoms with Crippen LogP contribution in [0.2, 0.25) is 0 Å². The van der Waals surface area contributed by atoms with Crippen molar-refractivity contribution in [2.75, 3.05) is 11.9 Å². The minimum absolute atomic E-state index is 0.162. The van der Waals surface area contributed by atoms with Crippen LogP contribution in [0.1, 0.15) is 52.0 Å². The Morgan fingerprint density at radius 3 is 2.61 bits per heavy atom. The summed E-state index contributed by atoms with van der Waals surface area (Å²) in [4.78, 5) is 4.65. The summed E-state index contributed by atoms with van der Waals surface area (Å²) in [5.74, 6) is 1.16. The molecule has 98 valence electrons. The molecule has 2 rings (SSSR count). The van der Waals surface area contributed by atoms with E-state index in [9.17, 15) is 0 Å². The third-order valence-electron chi connectivity index (χ3n) is 3.39. The topological polar surface area (TPSA) is 24.4 Å². The second-order valence-corrected chi connectivity index (χ2v) is 6.06. The van der Waals surface area contributed by atoms with Crippen molar-refractivity contribution in [3.05, 3.63) is 29.8 Å². The summed E-state index contributed by atoms with van der Waals surface area (Å²) in [7, 11) is 0. The van der Waals surface area contributed by atoms with Gasteiger partial charge >= 0.3 is 0 Å². The van der Waals surface area contributed by atoms with Crippen LogP contribution in [0.4, 0.5) is 5.69 Å². The van der Waals surface area contributed by atoms with E-state index in [-0.39, 0.29) is 5.41 Å². The molecule has 0 bridgehead atoms. The number of hydrogen-bond acceptors (Lipinski definition) is 2. The smallest absolute Gasteiger partial charge is 0.101 e. The maximum Gasteiger partial charge on any atom is 0.101 e. The molecule has 2 heteroatoms. The molecule has 0 aromatic heterocycles. The van der Waals surface area contributed by atoms with Gasteiger partial charge in [0.25, 0.3) is 0 Å². The monoisotopic (exact) mass is 244 g/mol. The number of rotatable bonds is 1. The Balaban J connectivity index is 2.21. The molecule has 0 aliphatic carbocycles. The van der Waals surface area contributed by atoms with Crippen molar-refractivity contribution in [1.82, 2.24) is 0 Å². The number of aliphatic imine (C=N–C) groups is 1. The van der Waals surface area contributed by atoms with Gasteiger partial charge in [-0.15, -0.1) is 0 Å². The summed E-state index contributed by atoms with van der Waals surface area (Å²) in [6, 6.07) is 8.57. The van der Waals surface area contributed by atoms with E-state index in [1.54, 1.807) is 0 Å². The minimum Gasteiger partial charge on any atom is -0.344 e. The summed E-state index contributed by atoms with van der Waals surface area (Å²) >= 11 is 0. The Bertz CT molecular complexity index is 427. The number of anilines is 1. The zero-order chi connectivity index (χ0) is 13.0. The van der Waals surface area contributed by atoms with Gasteiger partial charge in [0.1, 0.15) is 5.84 Å². The van der Waals surface area contributed by atoms with E-state index < -0.39 is 0 Å². The molecule has 0 radical (unpaired) electrons. The number of hydrogen-bond donors (Lipinski definition) is 1. The van der Waals surface area contributed by atoms with Gasteiger partial charge in [-0.25, -0.2) is 0 Å².